The van der Waals surface area contributed by atoms with Gasteiger partial charge in [-0.1, -0.05) is 11.6 Å². The third-order valence-corrected chi connectivity index (χ3v) is 4.93. The molecular formula is C12H10ClNO4S2. The van der Waals surface area contributed by atoms with Crippen LogP contribution in [0.4, 0.5) is 5.69 Å². The molecule has 0 fully saturated rings. The van der Waals surface area contributed by atoms with Gasteiger partial charge in [0.15, 0.2) is 0 Å². The van der Waals surface area contributed by atoms with Gasteiger partial charge in [0.05, 0.1) is 17.7 Å². The Morgan fingerprint density at radius 3 is 2.50 bits per heavy atom. The van der Waals surface area contributed by atoms with E-state index >= 15 is 0 Å². The summed E-state index contributed by atoms with van der Waals surface area (Å²) in [5.74, 6) is -0.589. The predicted octanol–water partition coefficient (Wildman–Crippen LogP) is 2.99. The van der Waals surface area contributed by atoms with Gasteiger partial charge in [-0.3, -0.25) is 4.72 Å². The molecule has 1 N–H and O–H groups in total. The zero-order valence-corrected chi connectivity index (χ0v) is 12.7. The van der Waals surface area contributed by atoms with E-state index in [-0.39, 0.29) is 15.5 Å². The first-order valence-electron chi connectivity index (χ1n) is 5.38. The van der Waals surface area contributed by atoms with E-state index in [4.69, 9.17) is 11.6 Å². The second-order valence-electron chi connectivity index (χ2n) is 3.71. The molecule has 20 heavy (non-hydrogen) atoms. The molecule has 1 aromatic carbocycles. The largest absolute Gasteiger partial charge is 0.465 e. The summed E-state index contributed by atoms with van der Waals surface area (Å²) in [6, 6.07) is 7.23. The van der Waals surface area contributed by atoms with Gasteiger partial charge < -0.3 is 4.74 Å². The van der Waals surface area contributed by atoms with E-state index in [9.17, 15) is 13.2 Å². The Kier molecular flexibility index (Phi) is 4.32. The molecule has 0 saturated carbocycles. The quantitative estimate of drug-likeness (QED) is 0.874. The molecule has 5 nitrogen and oxygen atoms in total. The molecule has 0 atom stereocenters. The Labute approximate surface area is 125 Å². The maximum Gasteiger partial charge on any atom is 0.350 e. The molecular weight excluding hydrogens is 322 g/mol. The minimum atomic E-state index is -3.77. The number of benzene rings is 1. The van der Waals surface area contributed by atoms with Crippen LogP contribution in [0.25, 0.3) is 0 Å². The Morgan fingerprint density at radius 1 is 1.25 bits per heavy atom. The Hall–Kier alpha value is -1.57. The summed E-state index contributed by atoms with van der Waals surface area (Å²) < 4.78 is 31.3. The fourth-order valence-corrected chi connectivity index (χ4v) is 3.49. The van der Waals surface area contributed by atoms with Crippen LogP contribution in [-0.2, 0) is 14.8 Å². The third kappa shape index (κ3) is 3.12. The molecule has 0 radical (unpaired) electrons. The smallest absolute Gasteiger partial charge is 0.350 e. The van der Waals surface area contributed by atoms with E-state index < -0.39 is 16.0 Å². The van der Waals surface area contributed by atoms with Gasteiger partial charge in [0.2, 0.25) is 0 Å². The topological polar surface area (TPSA) is 72.5 Å². The first kappa shape index (κ1) is 14.8. The van der Waals surface area contributed by atoms with Crippen molar-refractivity contribution in [2.75, 3.05) is 11.8 Å². The number of hydrogen-bond donors (Lipinski definition) is 1. The first-order valence-corrected chi connectivity index (χ1v) is 8.12. The summed E-state index contributed by atoms with van der Waals surface area (Å²) >= 11 is 6.81. The zero-order valence-electron chi connectivity index (χ0n) is 10.3. The fourth-order valence-electron chi connectivity index (χ4n) is 1.46. The van der Waals surface area contributed by atoms with Crippen LogP contribution in [0.15, 0.2) is 40.6 Å². The summed E-state index contributed by atoms with van der Waals surface area (Å²) in [6.45, 7) is 0. The monoisotopic (exact) mass is 331 g/mol. The maximum atomic E-state index is 12.2. The fraction of sp³-hybridized carbons (Fsp3) is 0.0833. The van der Waals surface area contributed by atoms with E-state index in [1.54, 1.807) is 5.38 Å². The Bertz CT molecular complexity index is 722. The van der Waals surface area contributed by atoms with Gasteiger partial charge in [0, 0.05) is 5.02 Å². The van der Waals surface area contributed by atoms with Gasteiger partial charge in [0.25, 0.3) is 10.0 Å². The number of esters is 1. The van der Waals surface area contributed by atoms with E-state index in [2.05, 4.69) is 9.46 Å². The molecule has 2 rings (SSSR count). The van der Waals surface area contributed by atoms with Crippen molar-refractivity contribution in [3.63, 3.8) is 0 Å². The van der Waals surface area contributed by atoms with Gasteiger partial charge in [-0.15, -0.1) is 11.3 Å². The minimum absolute atomic E-state index is 0.0592. The van der Waals surface area contributed by atoms with Crippen molar-refractivity contribution in [1.29, 1.82) is 0 Å². The number of ether oxygens (including phenoxy) is 1. The molecule has 0 aliphatic rings. The molecule has 106 valence electrons. The number of anilines is 1. The number of halogens is 1. The van der Waals surface area contributed by atoms with Crippen molar-refractivity contribution in [2.24, 2.45) is 0 Å². The summed E-state index contributed by atoms with van der Waals surface area (Å²) in [5.41, 5.74) is 0.191. The lowest BCUT2D eigenvalue weighted by molar-refractivity contribution is 0.0607. The lowest BCUT2D eigenvalue weighted by Crippen LogP contribution is -2.14. The molecule has 1 aromatic heterocycles. The normalized spacial score (nSPS) is 11.1. The van der Waals surface area contributed by atoms with Crippen LogP contribution in [0, 0.1) is 0 Å². The first-order chi connectivity index (χ1) is 9.44. The summed E-state index contributed by atoms with van der Waals surface area (Å²) in [4.78, 5) is 11.8. The highest BCUT2D eigenvalue weighted by atomic mass is 35.5. The van der Waals surface area contributed by atoms with Crippen LogP contribution in [-0.4, -0.2) is 21.5 Å². The average molecular weight is 332 g/mol. The van der Waals surface area contributed by atoms with Crippen LogP contribution < -0.4 is 4.72 Å². The lowest BCUT2D eigenvalue weighted by Gasteiger charge is -2.08. The number of methoxy groups -OCH3 is 1. The van der Waals surface area contributed by atoms with Gasteiger partial charge in [-0.25, -0.2) is 13.2 Å². The Morgan fingerprint density at radius 2 is 1.90 bits per heavy atom. The number of hydrogen-bond acceptors (Lipinski definition) is 5. The molecule has 0 saturated heterocycles. The van der Waals surface area contributed by atoms with Crippen molar-refractivity contribution in [3.8, 4) is 0 Å². The molecule has 0 aliphatic heterocycles. The van der Waals surface area contributed by atoms with Crippen molar-refractivity contribution in [1.82, 2.24) is 0 Å². The zero-order chi connectivity index (χ0) is 14.8. The van der Waals surface area contributed by atoms with Crippen molar-refractivity contribution < 1.29 is 17.9 Å². The Balaban J connectivity index is 2.32. The minimum Gasteiger partial charge on any atom is -0.465 e. The molecule has 2 aromatic rings. The number of carbonyl (C=O) groups is 1. The van der Waals surface area contributed by atoms with Gasteiger partial charge in [0.1, 0.15) is 4.88 Å². The van der Waals surface area contributed by atoms with Gasteiger partial charge >= 0.3 is 5.97 Å². The molecule has 0 bridgehead atoms. The molecule has 0 amide bonds. The van der Waals surface area contributed by atoms with Crippen molar-refractivity contribution >= 4 is 44.6 Å². The number of sulfonamides is 1. The average Bonchev–Trinajstić information content (AvgIpc) is 2.85. The van der Waals surface area contributed by atoms with Crippen LogP contribution in [0.1, 0.15) is 9.67 Å². The SMILES string of the molecule is COC(=O)c1sccc1NS(=O)(=O)c1ccc(Cl)cc1. The summed E-state index contributed by atoms with van der Waals surface area (Å²) in [6.07, 6.45) is 0. The molecule has 0 spiro atoms. The second kappa shape index (κ2) is 5.82. The maximum absolute atomic E-state index is 12.2. The highest BCUT2D eigenvalue weighted by Crippen LogP contribution is 2.26. The highest BCUT2D eigenvalue weighted by molar-refractivity contribution is 7.92. The second-order valence-corrected chi connectivity index (χ2v) is 6.75. The number of thiophene rings is 1. The van der Waals surface area contributed by atoms with E-state index in [1.165, 1.54) is 37.4 Å². The highest BCUT2D eigenvalue weighted by Gasteiger charge is 2.20. The lowest BCUT2D eigenvalue weighted by atomic mass is 10.4. The van der Waals surface area contributed by atoms with Crippen molar-refractivity contribution in [3.05, 3.63) is 45.6 Å². The number of carbonyl (C=O) groups excluding carboxylic acids is 1. The standard InChI is InChI=1S/C12H10ClNO4S2/c1-18-12(15)11-10(6-7-19-11)14-20(16,17)9-4-2-8(13)3-5-9/h2-7,14H,1H3. The third-order valence-electron chi connectivity index (χ3n) is 2.40. The predicted molar refractivity (Wildman–Crippen MR) is 77.9 cm³/mol. The molecule has 1 heterocycles. The van der Waals surface area contributed by atoms with Crippen LogP contribution in [0.2, 0.25) is 5.02 Å². The number of nitrogens with one attached hydrogen (secondary N) is 1. The molecule has 8 heteroatoms. The van der Waals surface area contributed by atoms with Gasteiger partial charge in [-0.2, -0.15) is 0 Å². The van der Waals surface area contributed by atoms with Crippen molar-refractivity contribution in [2.45, 2.75) is 4.90 Å². The van der Waals surface area contributed by atoms with Crippen LogP contribution in [0.3, 0.4) is 0 Å². The number of rotatable bonds is 4. The van der Waals surface area contributed by atoms with Crippen LogP contribution in [0.5, 0.6) is 0 Å². The summed E-state index contributed by atoms with van der Waals surface area (Å²) in [5, 5.41) is 2.04. The summed E-state index contributed by atoms with van der Waals surface area (Å²) in [7, 11) is -2.54. The van der Waals surface area contributed by atoms with Gasteiger partial charge in [-0.05, 0) is 35.7 Å². The van der Waals surface area contributed by atoms with Crippen LogP contribution >= 0.6 is 22.9 Å². The molecule has 0 unspecified atom stereocenters. The van der Waals surface area contributed by atoms with E-state index in [0.717, 1.165) is 11.3 Å². The van der Waals surface area contributed by atoms with E-state index in [1.807, 2.05) is 0 Å². The molecule has 0 aliphatic carbocycles. The van der Waals surface area contributed by atoms with E-state index in [0.29, 0.717) is 5.02 Å².